The molecule has 0 amide bonds. The third kappa shape index (κ3) is 12.5. The van der Waals surface area contributed by atoms with Crippen LogP contribution in [0, 0.1) is 0 Å². The zero-order valence-corrected chi connectivity index (χ0v) is 62.6. The summed E-state index contributed by atoms with van der Waals surface area (Å²) in [5.41, 5.74) is 26.1. The highest BCUT2D eigenvalue weighted by molar-refractivity contribution is 6.12. The Balaban J connectivity index is 0.000000145. The molecule has 12 nitrogen and oxygen atoms in total. The molecule has 12 heteroatoms. The Morgan fingerprint density at radius 3 is 0.690 bits per heavy atom. The standard InChI is InChI=1S/2C52H34N6/c1-5-15-35(16-6-1)51-53-31-39(32-54-51)43-27-37-19-13-26-48-45(37)29-49(43)57(41-21-9-3-10-22-41)47-25-14-20-38-28-44(40-33-55-52(56-34-40)36-17-7-2-8-18-36)50(30-46(38)47)58(48)42-23-11-4-12-24-42;1-3-15-39(16-4-1)57-49-21-11-13-35-30-42(38-24-26-48(56-34-38)46-20-8-10-28-54-46)52(32-43(35)49)58(40-17-5-2-6-18-40)50-22-12-14-36-29-41(51(57)31-44(36)50)37-23-25-47(55-33-37)45-19-7-9-27-53-45/h2*1-34H. The van der Waals surface area contributed by atoms with E-state index in [1.54, 1.807) is 12.4 Å². The van der Waals surface area contributed by atoms with Crippen LogP contribution in [0.2, 0.25) is 0 Å². The SMILES string of the molecule is c1ccc(-c2ncc(-c3cc4cccc5c4cc3n(-c3ccccc3)c3cccc4cc(-c6cnc(-c7ccccc7)nc6)c(cc43)n5-c3ccccc3)cn2)cc1.c1ccc(-n2c3cc4c(cccc4n(-c4ccccc4)c4cc5c(cccc52)cc4-c2ccc(-c4ccccn4)nc2)cc3-c2ccc(-c3ccccn3)nc2)cc1. The monoisotopic (exact) mass is 1480 g/mol. The highest BCUT2D eigenvalue weighted by Crippen LogP contribution is 2.43. The fourth-order valence-electron chi connectivity index (χ4n) is 16.4. The van der Waals surface area contributed by atoms with Gasteiger partial charge < -0.3 is 18.3 Å². The largest absolute Gasteiger partial charge is 0.309 e. The molecule has 0 radical (unpaired) electrons. The van der Waals surface area contributed by atoms with E-state index in [9.17, 15) is 0 Å². The number of rotatable bonds is 12. The van der Waals surface area contributed by atoms with Crippen LogP contribution in [0.5, 0.6) is 0 Å². The van der Waals surface area contributed by atoms with Gasteiger partial charge in [-0.3, -0.25) is 19.9 Å². The Morgan fingerprint density at radius 2 is 0.422 bits per heavy atom. The Morgan fingerprint density at radius 1 is 0.164 bits per heavy atom. The molecule has 22 aromatic rings. The normalized spacial score (nSPS) is 11.4. The van der Waals surface area contributed by atoms with Crippen LogP contribution in [-0.4, -0.2) is 58.1 Å². The van der Waals surface area contributed by atoms with Crippen LogP contribution in [-0.2, 0) is 0 Å². The summed E-state index contributed by atoms with van der Waals surface area (Å²) < 4.78 is 9.59. The number of fused-ring (bicyclic) bond motifs is 4. The van der Waals surface area contributed by atoms with Crippen molar-refractivity contribution >= 4 is 87.2 Å². The van der Waals surface area contributed by atoms with Gasteiger partial charge in [-0.15, -0.1) is 0 Å². The topological polar surface area (TPSA) is 123 Å². The van der Waals surface area contributed by atoms with Gasteiger partial charge in [-0.25, -0.2) is 19.9 Å². The van der Waals surface area contributed by atoms with Gasteiger partial charge in [0.05, 0.1) is 66.9 Å². The zero-order valence-electron chi connectivity index (χ0n) is 62.6. The molecule has 0 saturated heterocycles. The smallest absolute Gasteiger partial charge is 0.159 e. The maximum atomic E-state index is 4.94. The van der Waals surface area contributed by atoms with Gasteiger partial charge in [0.15, 0.2) is 11.6 Å². The van der Waals surface area contributed by atoms with E-state index < -0.39 is 0 Å². The number of hydrogen-bond donors (Lipinski definition) is 0. The Bertz CT molecular complexity index is 6570. The molecule has 0 aliphatic carbocycles. The summed E-state index contributed by atoms with van der Waals surface area (Å²) in [6.07, 6.45) is 15.4. The van der Waals surface area contributed by atoms with Crippen molar-refractivity contribution in [2.75, 3.05) is 0 Å². The van der Waals surface area contributed by atoms with E-state index in [1.165, 1.54) is 0 Å². The molecule has 0 aliphatic heterocycles. The molecule has 14 aromatic carbocycles. The van der Waals surface area contributed by atoms with E-state index in [-0.39, 0.29) is 0 Å². The summed E-state index contributed by atoms with van der Waals surface area (Å²) in [7, 11) is 0. The average molecular weight is 1490 g/mol. The minimum atomic E-state index is 0.694. The maximum Gasteiger partial charge on any atom is 0.159 e. The third-order valence-corrected chi connectivity index (χ3v) is 21.9. The van der Waals surface area contributed by atoms with Crippen molar-refractivity contribution in [3.63, 3.8) is 0 Å². The van der Waals surface area contributed by atoms with Crippen LogP contribution in [0.4, 0.5) is 0 Å². The summed E-state index contributed by atoms with van der Waals surface area (Å²) in [6.45, 7) is 0. The number of hydrogen-bond acceptors (Lipinski definition) is 8. The number of aromatic nitrogens is 12. The van der Waals surface area contributed by atoms with Gasteiger partial charge in [-0.1, -0.05) is 206 Å². The van der Waals surface area contributed by atoms with E-state index in [0.717, 1.165) is 188 Å². The summed E-state index contributed by atoms with van der Waals surface area (Å²) in [5, 5.41) is 8.90. The molecule has 0 spiro atoms. The van der Waals surface area contributed by atoms with E-state index in [2.05, 4.69) is 295 Å². The first-order chi connectivity index (χ1) is 57.5. The molecule has 0 saturated carbocycles. The molecule has 0 aliphatic rings. The quantitative estimate of drug-likeness (QED) is 0.119. The first-order valence-electron chi connectivity index (χ1n) is 38.7. The minimum absolute atomic E-state index is 0.694. The molecule has 8 heterocycles. The molecular weight excluding hydrogens is 1420 g/mol. The molecule has 0 unspecified atom stereocenters. The number of pyridine rings is 4. The summed E-state index contributed by atoms with van der Waals surface area (Å²) in [6, 6.07) is 128. The molecule has 8 bridgehead atoms. The molecule has 8 aromatic heterocycles. The molecule has 0 N–H and O–H groups in total. The summed E-state index contributed by atoms with van der Waals surface area (Å²) >= 11 is 0. The highest BCUT2D eigenvalue weighted by Gasteiger charge is 2.22. The lowest BCUT2D eigenvalue weighted by atomic mass is 9.97. The first-order valence-corrected chi connectivity index (χ1v) is 38.7. The average Bonchev–Trinajstić information content (AvgIpc) is 0.728. The molecule has 22 rings (SSSR count). The van der Waals surface area contributed by atoms with Gasteiger partial charge in [-0.05, 0) is 179 Å². The van der Waals surface area contributed by atoms with Crippen LogP contribution >= 0.6 is 0 Å². The number of nitrogens with zero attached hydrogens (tertiary/aromatic N) is 12. The second kappa shape index (κ2) is 29.4. The van der Waals surface area contributed by atoms with Gasteiger partial charge in [-0.2, -0.15) is 0 Å². The van der Waals surface area contributed by atoms with E-state index in [1.807, 2.05) is 134 Å². The van der Waals surface area contributed by atoms with Crippen molar-refractivity contribution in [2.24, 2.45) is 0 Å². The van der Waals surface area contributed by atoms with Gasteiger partial charge in [0.1, 0.15) is 0 Å². The van der Waals surface area contributed by atoms with Crippen molar-refractivity contribution in [3.05, 3.63) is 414 Å². The van der Waals surface area contributed by atoms with Crippen molar-refractivity contribution in [1.82, 2.24) is 58.1 Å². The Labute approximate surface area is 667 Å². The molecule has 116 heavy (non-hydrogen) atoms. The van der Waals surface area contributed by atoms with Gasteiger partial charge in [0, 0.05) is 150 Å². The Hall–Kier alpha value is -15.9. The lowest BCUT2D eigenvalue weighted by Gasteiger charge is -2.21. The number of benzene rings is 14. The van der Waals surface area contributed by atoms with Crippen LogP contribution in [0.3, 0.4) is 0 Å². The van der Waals surface area contributed by atoms with Gasteiger partial charge >= 0.3 is 0 Å². The number of para-hydroxylation sites is 4. The second-order valence-electron chi connectivity index (χ2n) is 28.8. The molecular formula is C104H68N12. The van der Waals surface area contributed by atoms with Crippen LogP contribution in [0.15, 0.2) is 414 Å². The lowest BCUT2D eigenvalue weighted by molar-refractivity contribution is 1.14. The van der Waals surface area contributed by atoms with Crippen molar-refractivity contribution in [3.8, 4) is 113 Å². The van der Waals surface area contributed by atoms with Crippen molar-refractivity contribution < 1.29 is 0 Å². The van der Waals surface area contributed by atoms with E-state index in [0.29, 0.717) is 11.6 Å². The van der Waals surface area contributed by atoms with E-state index in [4.69, 9.17) is 29.9 Å². The molecule has 544 valence electrons. The van der Waals surface area contributed by atoms with Gasteiger partial charge in [0.2, 0.25) is 0 Å². The van der Waals surface area contributed by atoms with Crippen molar-refractivity contribution in [1.29, 1.82) is 0 Å². The predicted molar refractivity (Wildman–Crippen MR) is 474 cm³/mol. The lowest BCUT2D eigenvalue weighted by Crippen LogP contribution is -2.04. The maximum absolute atomic E-state index is 4.94. The molecule has 0 atom stereocenters. The fraction of sp³-hybridized carbons (Fsp3) is 0. The molecule has 0 fully saturated rings. The van der Waals surface area contributed by atoms with Crippen molar-refractivity contribution in [2.45, 2.75) is 0 Å². The fourth-order valence-corrected chi connectivity index (χ4v) is 16.4. The van der Waals surface area contributed by atoms with Gasteiger partial charge in [0.25, 0.3) is 0 Å². The second-order valence-corrected chi connectivity index (χ2v) is 28.8. The Kier molecular flexibility index (Phi) is 17.3. The first kappa shape index (κ1) is 68.1. The minimum Gasteiger partial charge on any atom is -0.309 e. The summed E-state index contributed by atoms with van der Waals surface area (Å²) in [5.74, 6) is 1.39. The van der Waals surface area contributed by atoms with Crippen LogP contribution in [0.1, 0.15) is 0 Å². The predicted octanol–water partition coefficient (Wildman–Crippen LogP) is 25.4. The van der Waals surface area contributed by atoms with Crippen LogP contribution < -0.4 is 0 Å². The van der Waals surface area contributed by atoms with E-state index >= 15 is 0 Å². The third-order valence-electron chi connectivity index (χ3n) is 21.9. The summed E-state index contributed by atoms with van der Waals surface area (Å²) in [4.78, 5) is 38.6. The van der Waals surface area contributed by atoms with Crippen LogP contribution in [0.25, 0.3) is 200 Å². The zero-order chi connectivity index (χ0) is 76.8. The highest BCUT2D eigenvalue weighted by atomic mass is 15.0.